The summed E-state index contributed by atoms with van der Waals surface area (Å²) < 4.78 is 10.1. The van der Waals surface area contributed by atoms with E-state index in [0.29, 0.717) is 5.92 Å². The zero-order chi connectivity index (χ0) is 8.53. The molecule has 0 fully saturated rings. The first-order valence-electron chi connectivity index (χ1n) is 4.03. The van der Waals surface area contributed by atoms with Gasteiger partial charge in [-0.2, -0.15) is 0 Å². The van der Waals surface area contributed by atoms with E-state index in [0.717, 1.165) is 32.6 Å². The molecule has 3 heteroatoms. The first-order chi connectivity index (χ1) is 5.35. The van der Waals surface area contributed by atoms with Crippen molar-refractivity contribution in [3.8, 4) is 0 Å². The van der Waals surface area contributed by atoms with Crippen LogP contribution in [0.25, 0.3) is 0 Å². The van der Waals surface area contributed by atoms with Crippen molar-refractivity contribution in [3.05, 3.63) is 0 Å². The average molecular weight is 161 g/mol. The maximum absolute atomic E-state index is 5.39. The summed E-state index contributed by atoms with van der Waals surface area (Å²) in [4.78, 5) is 0. The largest absolute Gasteiger partial charge is 0.384 e. The lowest BCUT2D eigenvalue weighted by molar-refractivity contribution is 0.0798. The molecule has 11 heavy (non-hydrogen) atoms. The Labute approximate surface area is 68.9 Å². The van der Waals surface area contributed by atoms with Gasteiger partial charge in [0.05, 0.1) is 13.2 Å². The maximum atomic E-state index is 5.39. The normalized spacial score (nSPS) is 10.9. The molecule has 0 aliphatic carbocycles. The van der Waals surface area contributed by atoms with Crippen LogP contribution in [0, 0.1) is 5.92 Å². The molecular weight excluding hydrogens is 142 g/mol. The Morgan fingerprint density at radius 2 is 1.73 bits per heavy atom. The minimum absolute atomic E-state index is 0.508. The molecule has 0 spiro atoms. The number of ether oxygens (including phenoxy) is 2. The van der Waals surface area contributed by atoms with Crippen molar-refractivity contribution in [1.82, 2.24) is 0 Å². The van der Waals surface area contributed by atoms with Gasteiger partial charge in [0.15, 0.2) is 0 Å². The fourth-order valence-corrected chi connectivity index (χ4v) is 1.09. The molecule has 0 aromatic carbocycles. The van der Waals surface area contributed by atoms with Crippen LogP contribution in [0.4, 0.5) is 0 Å². The lowest BCUT2D eigenvalue weighted by Crippen LogP contribution is -2.15. The summed E-state index contributed by atoms with van der Waals surface area (Å²) in [6.07, 6.45) is 2.15. The number of hydrogen-bond acceptors (Lipinski definition) is 3. The van der Waals surface area contributed by atoms with E-state index in [9.17, 15) is 0 Å². The lowest BCUT2D eigenvalue weighted by atomic mass is 10.1. The minimum Gasteiger partial charge on any atom is -0.384 e. The molecule has 68 valence electrons. The molecule has 0 unspecified atom stereocenters. The first kappa shape index (κ1) is 10.9. The van der Waals surface area contributed by atoms with E-state index in [4.69, 9.17) is 15.2 Å². The molecule has 0 amide bonds. The topological polar surface area (TPSA) is 44.5 Å². The standard InChI is InChI=1S/C8H19NO2/c1-10-6-8(7-11-2)4-3-5-9/h8H,3-7,9H2,1-2H3. The van der Waals surface area contributed by atoms with E-state index >= 15 is 0 Å². The molecule has 3 nitrogen and oxygen atoms in total. The Morgan fingerprint density at radius 1 is 1.18 bits per heavy atom. The van der Waals surface area contributed by atoms with Gasteiger partial charge >= 0.3 is 0 Å². The molecule has 0 aromatic rings. The van der Waals surface area contributed by atoms with Crippen LogP contribution in [-0.4, -0.2) is 34.0 Å². The van der Waals surface area contributed by atoms with E-state index in [-0.39, 0.29) is 0 Å². The Morgan fingerprint density at radius 3 is 2.09 bits per heavy atom. The Kier molecular flexibility index (Phi) is 7.89. The van der Waals surface area contributed by atoms with E-state index in [1.807, 2.05) is 0 Å². The molecule has 0 bridgehead atoms. The number of methoxy groups -OCH3 is 2. The van der Waals surface area contributed by atoms with Gasteiger partial charge in [-0.05, 0) is 19.4 Å². The predicted octanol–water partition coefficient (Wildman–Crippen LogP) is 0.634. The van der Waals surface area contributed by atoms with Crippen molar-refractivity contribution in [1.29, 1.82) is 0 Å². The summed E-state index contributed by atoms with van der Waals surface area (Å²) >= 11 is 0. The smallest absolute Gasteiger partial charge is 0.0512 e. The Hall–Kier alpha value is -0.120. The molecule has 0 radical (unpaired) electrons. The summed E-state index contributed by atoms with van der Waals surface area (Å²) in [7, 11) is 3.43. The van der Waals surface area contributed by atoms with Crippen LogP contribution >= 0.6 is 0 Å². The Bertz CT molecular complexity index is 72.5. The van der Waals surface area contributed by atoms with Crippen LogP contribution in [0.15, 0.2) is 0 Å². The third-order valence-electron chi connectivity index (χ3n) is 1.62. The van der Waals surface area contributed by atoms with Crippen molar-refractivity contribution in [2.24, 2.45) is 11.7 Å². The highest BCUT2D eigenvalue weighted by molar-refractivity contribution is 4.57. The second kappa shape index (κ2) is 7.98. The summed E-state index contributed by atoms with van der Waals surface area (Å²) in [6.45, 7) is 2.30. The monoisotopic (exact) mass is 161 g/mol. The van der Waals surface area contributed by atoms with E-state index in [1.54, 1.807) is 14.2 Å². The van der Waals surface area contributed by atoms with Crippen molar-refractivity contribution in [2.75, 3.05) is 34.0 Å². The summed E-state index contributed by atoms with van der Waals surface area (Å²) in [6, 6.07) is 0. The van der Waals surface area contributed by atoms with Crippen LogP contribution in [0.2, 0.25) is 0 Å². The van der Waals surface area contributed by atoms with Gasteiger partial charge in [-0.25, -0.2) is 0 Å². The van der Waals surface area contributed by atoms with Gasteiger partial charge < -0.3 is 15.2 Å². The third kappa shape index (κ3) is 6.28. The van der Waals surface area contributed by atoms with Gasteiger partial charge in [-0.15, -0.1) is 0 Å². The summed E-state index contributed by atoms with van der Waals surface area (Å²) in [5.74, 6) is 0.508. The number of nitrogens with two attached hydrogens (primary N) is 1. The van der Waals surface area contributed by atoms with Crippen LogP contribution in [0.3, 0.4) is 0 Å². The van der Waals surface area contributed by atoms with Gasteiger partial charge in [-0.1, -0.05) is 0 Å². The highest BCUT2D eigenvalue weighted by atomic mass is 16.5. The van der Waals surface area contributed by atoms with Crippen LogP contribution in [0.1, 0.15) is 12.8 Å². The SMILES string of the molecule is COCC(CCCN)COC. The van der Waals surface area contributed by atoms with Crippen molar-refractivity contribution in [3.63, 3.8) is 0 Å². The van der Waals surface area contributed by atoms with Crippen LogP contribution < -0.4 is 5.73 Å². The van der Waals surface area contributed by atoms with Crippen molar-refractivity contribution in [2.45, 2.75) is 12.8 Å². The third-order valence-corrected chi connectivity index (χ3v) is 1.62. The fourth-order valence-electron chi connectivity index (χ4n) is 1.09. The zero-order valence-electron chi connectivity index (χ0n) is 7.51. The molecule has 0 heterocycles. The molecule has 0 aliphatic heterocycles. The highest BCUT2D eigenvalue weighted by Crippen LogP contribution is 2.06. The molecule has 0 rings (SSSR count). The summed E-state index contributed by atoms with van der Waals surface area (Å²) in [5, 5.41) is 0. The van der Waals surface area contributed by atoms with Gasteiger partial charge in [0, 0.05) is 20.1 Å². The lowest BCUT2D eigenvalue weighted by Gasteiger charge is -2.13. The molecule has 0 aliphatic rings. The summed E-state index contributed by atoms with van der Waals surface area (Å²) in [5.41, 5.74) is 5.39. The van der Waals surface area contributed by atoms with Gasteiger partial charge in [0.1, 0.15) is 0 Å². The van der Waals surface area contributed by atoms with Gasteiger partial charge in [0.2, 0.25) is 0 Å². The van der Waals surface area contributed by atoms with E-state index < -0.39 is 0 Å². The highest BCUT2D eigenvalue weighted by Gasteiger charge is 2.06. The van der Waals surface area contributed by atoms with Crippen molar-refractivity contribution >= 4 is 0 Å². The Balaban J connectivity index is 3.34. The number of hydrogen-bond donors (Lipinski definition) is 1. The van der Waals surface area contributed by atoms with Gasteiger partial charge in [-0.3, -0.25) is 0 Å². The minimum atomic E-state index is 0.508. The molecule has 0 saturated carbocycles. The van der Waals surface area contributed by atoms with Gasteiger partial charge in [0.25, 0.3) is 0 Å². The molecular formula is C8H19NO2. The zero-order valence-corrected chi connectivity index (χ0v) is 7.51. The fraction of sp³-hybridized carbons (Fsp3) is 1.00. The van der Waals surface area contributed by atoms with Crippen LogP contribution in [0.5, 0.6) is 0 Å². The van der Waals surface area contributed by atoms with Crippen molar-refractivity contribution < 1.29 is 9.47 Å². The molecule has 0 atom stereocenters. The second-order valence-electron chi connectivity index (χ2n) is 2.71. The second-order valence-corrected chi connectivity index (χ2v) is 2.71. The van der Waals surface area contributed by atoms with E-state index in [2.05, 4.69) is 0 Å². The number of rotatable bonds is 7. The predicted molar refractivity (Wildman–Crippen MR) is 45.5 cm³/mol. The first-order valence-corrected chi connectivity index (χ1v) is 4.03. The molecule has 2 N–H and O–H groups in total. The average Bonchev–Trinajstić information content (AvgIpc) is 2.01. The quantitative estimate of drug-likeness (QED) is 0.595. The van der Waals surface area contributed by atoms with E-state index in [1.165, 1.54) is 0 Å². The maximum Gasteiger partial charge on any atom is 0.0512 e. The van der Waals surface area contributed by atoms with Crippen LogP contribution in [-0.2, 0) is 9.47 Å². The molecule has 0 saturated heterocycles. The molecule has 0 aromatic heterocycles.